The van der Waals surface area contributed by atoms with E-state index in [1.165, 1.54) is 31.6 Å². The Balaban J connectivity index is 2.13. The van der Waals surface area contributed by atoms with E-state index >= 15 is 0 Å². The first kappa shape index (κ1) is 27.3. The molecule has 0 saturated heterocycles. The van der Waals surface area contributed by atoms with Gasteiger partial charge in [-0.1, -0.05) is 26.0 Å². The number of amides is 3. The third-order valence-corrected chi connectivity index (χ3v) is 5.32. The number of nitrogens with one attached hydrogen (secondary N) is 4. The van der Waals surface area contributed by atoms with Crippen molar-refractivity contribution in [3.8, 4) is 5.75 Å². The van der Waals surface area contributed by atoms with E-state index < -0.39 is 47.9 Å². The zero-order valence-corrected chi connectivity index (χ0v) is 19.8. The molecular weight excluding hydrogens is 456 g/mol. The Morgan fingerprint density at radius 1 is 0.971 bits per heavy atom. The summed E-state index contributed by atoms with van der Waals surface area (Å²) >= 11 is 0. The van der Waals surface area contributed by atoms with Gasteiger partial charge in [-0.2, -0.15) is 0 Å². The van der Waals surface area contributed by atoms with Crippen molar-refractivity contribution in [3.63, 3.8) is 0 Å². The molecule has 1 aromatic carbocycles. The Hall–Kier alpha value is -3.93. The van der Waals surface area contributed by atoms with Crippen molar-refractivity contribution in [3.05, 3.63) is 48.0 Å². The second kappa shape index (κ2) is 12.5. The van der Waals surface area contributed by atoms with Gasteiger partial charge in [-0.25, -0.2) is 4.98 Å². The number of aromatic nitrogens is 2. The molecule has 0 spiro atoms. The molecule has 0 saturated carbocycles. The third kappa shape index (κ3) is 8.41. The number of aromatic hydroxyl groups is 1. The number of carboxylic acids is 1. The molecule has 0 aliphatic heterocycles. The Morgan fingerprint density at radius 3 is 2.17 bits per heavy atom. The van der Waals surface area contributed by atoms with Gasteiger partial charge in [0.05, 0.1) is 12.4 Å². The average Bonchev–Trinajstić information content (AvgIpc) is 3.31. The minimum absolute atomic E-state index is 0.0570. The molecule has 4 unspecified atom stereocenters. The first-order valence-corrected chi connectivity index (χ1v) is 11.1. The number of hydrogen-bond donors (Lipinski definition) is 7. The maximum absolute atomic E-state index is 13.1. The van der Waals surface area contributed by atoms with Gasteiger partial charge in [-0.3, -0.25) is 19.2 Å². The van der Waals surface area contributed by atoms with Crippen LogP contribution in [0.25, 0.3) is 0 Å². The van der Waals surface area contributed by atoms with Crippen LogP contribution in [0.15, 0.2) is 36.8 Å². The van der Waals surface area contributed by atoms with Crippen LogP contribution in [0.2, 0.25) is 0 Å². The van der Waals surface area contributed by atoms with Crippen molar-refractivity contribution in [2.24, 2.45) is 11.7 Å². The van der Waals surface area contributed by atoms with Crippen molar-refractivity contribution in [1.29, 1.82) is 0 Å². The summed E-state index contributed by atoms with van der Waals surface area (Å²) in [7, 11) is 0. The van der Waals surface area contributed by atoms with Crippen LogP contribution in [0.5, 0.6) is 5.75 Å². The summed E-state index contributed by atoms with van der Waals surface area (Å²) in [4.78, 5) is 56.4. The van der Waals surface area contributed by atoms with E-state index in [9.17, 15) is 24.3 Å². The van der Waals surface area contributed by atoms with Crippen LogP contribution < -0.4 is 21.7 Å². The number of phenols is 1. The number of carbonyl (C=O) groups is 4. The molecule has 1 aromatic heterocycles. The van der Waals surface area contributed by atoms with Crippen LogP contribution >= 0.6 is 0 Å². The predicted molar refractivity (Wildman–Crippen MR) is 126 cm³/mol. The van der Waals surface area contributed by atoms with E-state index in [1.54, 1.807) is 26.0 Å². The monoisotopic (exact) mass is 488 g/mol. The van der Waals surface area contributed by atoms with Gasteiger partial charge < -0.3 is 36.9 Å². The number of H-pyrrole nitrogens is 1. The fourth-order valence-electron chi connectivity index (χ4n) is 3.24. The smallest absolute Gasteiger partial charge is 0.325 e. The number of rotatable bonds is 12. The molecule has 0 aliphatic rings. The lowest BCUT2D eigenvalue weighted by molar-refractivity contribution is -0.142. The zero-order valence-electron chi connectivity index (χ0n) is 19.8. The molecular formula is C23H32N6O6. The van der Waals surface area contributed by atoms with Crippen molar-refractivity contribution >= 4 is 23.7 Å². The first-order valence-electron chi connectivity index (χ1n) is 11.1. The highest BCUT2D eigenvalue weighted by molar-refractivity contribution is 5.94. The van der Waals surface area contributed by atoms with Crippen LogP contribution in [0.3, 0.4) is 0 Å². The maximum atomic E-state index is 13.1. The predicted octanol–water partition coefficient (Wildman–Crippen LogP) is -0.557. The molecule has 35 heavy (non-hydrogen) atoms. The fraction of sp³-hybridized carbons (Fsp3) is 0.435. The zero-order chi connectivity index (χ0) is 26.1. The van der Waals surface area contributed by atoms with Gasteiger partial charge >= 0.3 is 5.97 Å². The van der Waals surface area contributed by atoms with E-state index in [0.29, 0.717) is 5.69 Å². The fourth-order valence-corrected chi connectivity index (χ4v) is 3.24. The van der Waals surface area contributed by atoms with Crippen molar-refractivity contribution < 1.29 is 29.4 Å². The van der Waals surface area contributed by atoms with Gasteiger partial charge in [-0.15, -0.1) is 0 Å². The number of benzene rings is 1. The molecule has 12 heteroatoms. The van der Waals surface area contributed by atoms with Crippen LogP contribution in [-0.2, 0) is 32.0 Å². The number of aliphatic carboxylic acids is 1. The van der Waals surface area contributed by atoms with Gasteiger partial charge in [0.1, 0.15) is 23.9 Å². The van der Waals surface area contributed by atoms with Crippen LogP contribution in [0, 0.1) is 5.92 Å². The first-order chi connectivity index (χ1) is 16.5. The Kier molecular flexibility index (Phi) is 9.76. The maximum Gasteiger partial charge on any atom is 0.325 e. The second-order valence-electron chi connectivity index (χ2n) is 8.62. The number of aromatic amines is 1. The highest BCUT2D eigenvalue weighted by Crippen LogP contribution is 2.11. The molecule has 8 N–H and O–H groups in total. The van der Waals surface area contributed by atoms with E-state index in [-0.39, 0.29) is 24.5 Å². The number of carboxylic acid groups (broad SMARTS) is 1. The Bertz CT molecular complexity index is 1010. The number of carbonyl (C=O) groups excluding carboxylic acids is 3. The average molecular weight is 489 g/mol. The summed E-state index contributed by atoms with van der Waals surface area (Å²) < 4.78 is 0. The quantitative estimate of drug-likeness (QED) is 0.206. The summed E-state index contributed by atoms with van der Waals surface area (Å²) in [6.07, 6.45) is 3.17. The molecule has 0 fully saturated rings. The lowest BCUT2D eigenvalue weighted by Crippen LogP contribution is -2.58. The van der Waals surface area contributed by atoms with Crippen LogP contribution in [0.4, 0.5) is 0 Å². The summed E-state index contributed by atoms with van der Waals surface area (Å²) in [5.41, 5.74) is 7.34. The molecule has 2 aromatic rings. The van der Waals surface area contributed by atoms with E-state index in [2.05, 4.69) is 25.9 Å². The Morgan fingerprint density at radius 2 is 1.63 bits per heavy atom. The van der Waals surface area contributed by atoms with Gasteiger partial charge in [0.2, 0.25) is 17.7 Å². The van der Waals surface area contributed by atoms with Crippen LogP contribution in [-0.4, -0.2) is 68.0 Å². The van der Waals surface area contributed by atoms with Crippen molar-refractivity contribution in [2.75, 3.05) is 0 Å². The SMILES string of the molecule is CC(NC(=O)C(NC(=O)C(Cc1cnc[nH]1)NC(=O)C(N)Cc1ccc(O)cc1)C(C)C)C(=O)O. The molecule has 12 nitrogen and oxygen atoms in total. The number of nitrogens with zero attached hydrogens (tertiary/aromatic N) is 1. The molecule has 0 aliphatic carbocycles. The number of imidazole rings is 1. The van der Waals surface area contributed by atoms with E-state index in [0.717, 1.165) is 5.56 Å². The highest BCUT2D eigenvalue weighted by Gasteiger charge is 2.31. The standard InChI is InChI=1S/C23H32N6O6/c1-12(2)19(22(33)27-13(3)23(34)35)29-21(32)18(9-15-10-25-11-26-15)28-20(31)17(24)8-14-4-6-16(30)7-5-14/h4-7,10-13,17-19,30H,8-9,24H2,1-3H3,(H,25,26)(H,27,33)(H,28,31)(H,29,32)(H,34,35). The lowest BCUT2D eigenvalue weighted by Gasteiger charge is -2.26. The van der Waals surface area contributed by atoms with Crippen LogP contribution in [0.1, 0.15) is 32.0 Å². The molecule has 0 bridgehead atoms. The second-order valence-corrected chi connectivity index (χ2v) is 8.62. The minimum atomic E-state index is -1.21. The van der Waals surface area contributed by atoms with Gasteiger partial charge in [0.25, 0.3) is 0 Å². The summed E-state index contributed by atoms with van der Waals surface area (Å²) in [5.74, 6) is -3.35. The van der Waals surface area contributed by atoms with E-state index in [4.69, 9.17) is 10.8 Å². The Labute approximate surface area is 202 Å². The third-order valence-electron chi connectivity index (χ3n) is 5.32. The normalized spacial score (nSPS) is 14.4. The highest BCUT2D eigenvalue weighted by atomic mass is 16.4. The van der Waals surface area contributed by atoms with E-state index in [1.807, 2.05) is 0 Å². The topological polar surface area (TPSA) is 200 Å². The number of nitrogens with two attached hydrogens (primary N) is 1. The molecule has 2 rings (SSSR count). The number of phenolic OH excluding ortho intramolecular Hbond substituents is 1. The summed E-state index contributed by atoms with van der Waals surface area (Å²) in [6.45, 7) is 4.72. The van der Waals surface area contributed by atoms with Gasteiger partial charge in [0, 0.05) is 18.3 Å². The van der Waals surface area contributed by atoms with Gasteiger partial charge in [0.15, 0.2) is 0 Å². The van der Waals surface area contributed by atoms with Crippen molar-refractivity contribution in [1.82, 2.24) is 25.9 Å². The molecule has 0 radical (unpaired) electrons. The lowest BCUT2D eigenvalue weighted by atomic mass is 10.0. The summed E-state index contributed by atoms with van der Waals surface area (Å²) in [5, 5.41) is 26.0. The molecule has 4 atom stereocenters. The molecule has 1 heterocycles. The number of hydrogen-bond acceptors (Lipinski definition) is 7. The minimum Gasteiger partial charge on any atom is -0.508 e. The largest absolute Gasteiger partial charge is 0.508 e. The molecule has 190 valence electrons. The van der Waals surface area contributed by atoms with Crippen molar-refractivity contribution in [2.45, 2.75) is 57.8 Å². The van der Waals surface area contributed by atoms with Gasteiger partial charge in [-0.05, 0) is 37.0 Å². The molecule has 3 amide bonds. The summed E-state index contributed by atoms with van der Waals surface area (Å²) in [6, 6.07) is 2.02.